The fourth-order valence-corrected chi connectivity index (χ4v) is 2.25. The highest BCUT2D eigenvalue weighted by Crippen LogP contribution is 2.33. The van der Waals surface area contributed by atoms with E-state index in [4.69, 9.17) is 4.74 Å². The lowest BCUT2D eigenvalue weighted by Gasteiger charge is -2.31. The number of para-hydroxylation sites is 1. The Morgan fingerprint density at radius 1 is 1.43 bits per heavy atom. The molecule has 2 N–H and O–H groups in total. The maximum Gasteiger partial charge on any atom is 0.311 e. The summed E-state index contributed by atoms with van der Waals surface area (Å²) >= 11 is 0. The molecule has 0 saturated carbocycles. The Bertz CT molecular complexity index is 697. The highest BCUT2D eigenvalue weighted by atomic mass is 16.6. The molecular weight excluding hydrogens is 298 g/mol. The molecule has 1 heterocycles. The minimum Gasteiger partial charge on any atom is -0.388 e. The predicted molar refractivity (Wildman–Crippen MR) is 88.6 cm³/mol. The topological polar surface area (TPSA) is 97.5 Å². The molecule has 2 rings (SSSR count). The van der Waals surface area contributed by atoms with Crippen LogP contribution in [0.5, 0.6) is 0 Å². The number of hydrogen-bond acceptors (Lipinski definition) is 6. The second-order valence-corrected chi connectivity index (χ2v) is 5.80. The van der Waals surface area contributed by atoms with E-state index in [1.54, 1.807) is 32.0 Å². The lowest BCUT2D eigenvalue weighted by molar-refractivity contribution is -0.384. The quantitative estimate of drug-likeness (QED) is 0.601. The van der Waals surface area contributed by atoms with Crippen molar-refractivity contribution < 1.29 is 14.8 Å². The fraction of sp³-hybridized carbons (Fsp3) is 0.438. The number of pyridine rings is 1. The van der Waals surface area contributed by atoms with Gasteiger partial charge in [-0.25, -0.2) is 4.98 Å². The monoisotopic (exact) mass is 319 g/mol. The molecule has 1 aromatic carbocycles. The van der Waals surface area contributed by atoms with Crippen molar-refractivity contribution in [3.8, 4) is 0 Å². The third-order valence-electron chi connectivity index (χ3n) is 3.61. The Morgan fingerprint density at radius 2 is 2.13 bits per heavy atom. The van der Waals surface area contributed by atoms with E-state index in [0.29, 0.717) is 23.2 Å². The average molecular weight is 319 g/mol. The summed E-state index contributed by atoms with van der Waals surface area (Å²) in [5.41, 5.74) is -0.263. The summed E-state index contributed by atoms with van der Waals surface area (Å²) in [7, 11) is 0. The second-order valence-electron chi connectivity index (χ2n) is 5.80. The molecule has 0 aliphatic heterocycles. The van der Waals surface area contributed by atoms with E-state index in [1.807, 2.05) is 13.0 Å². The molecule has 124 valence electrons. The molecular formula is C16H21N3O4. The predicted octanol–water partition coefficient (Wildman–Crippen LogP) is 2.73. The maximum absolute atomic E-state index is 11.3. The molecule has 1 aromatic heterocycles. The number of aromatic nitrogens is 1. The molecule has 1 atom stereocenters. The van der Waals surface area contributed by atoms with Crippen molar-refractivity contribution in [3.05, 3.63) is 40.6 Å². The van der Waals surface area contributed by atoms with Gasteiger partial charge in [0.15, 0.2) is 0 Å². The average Bonchev–Trinajstić information content (AvgIpc) is 2.49. The first-order valence-electron chi connectivity index (χ1n) is 7.43. The third kappa shape index (κ3) is 3.94. The highest BCUT2D eigenvalue weighted by Gasteiger charge is 2.30. The first-order chi connectivity index (χ1) is 10.8. The Labute approximate surface area is 134 Å². The number of nitrogens with one attached hydrogen (secondary N) is 1. The van der Waals surface area contributed by atoms with Crippen LogP contribution in [0.15, 0.2) is 30.5 Å². The van der Waals surface area contributed by atoms with Gasteiger partial charge in [-0.1, -0.05) is 18.2 Å². The largest absolute Gasteiger partial charge is 0.388 e. The second kappa shape index (κ2) is 6.89. The van der Waals surface area contributed by atoms with Gasteiger partial charge in [-0.2, -0.15) is 0 Å². The van der Waals surface area contributed by atoms with Crippen LogP contribution in [0.1, 0.15) is 20.8 Å². The Balaban J connectivity index is 2.50. The number of nitro groups is 1. The lowest BCUT2D eigenvalue weighted by atomic mass is 9.98. The summed E-state index contributed by atoms with van der Waals surface area (Å²) in [4.78, 5) is 15.0. The van der Waals surface area contributed by atoms with E-state index in [-0.39, 0.29) is 12.3 Å². The van der Waals surface area contributed by atoms with Gasteiger partial charge in [0.2, 0.25) is 0 Å². The van der Waals surface area contributed by atoms with E-state index in [1.165, 1.54) is 6.20 Å². The van der Waals surface area contributed by atoms with Gasteiger partial charge in [-0.05, 0) is 26.8 Å². The van der Waals surface area contributed by atoms with Crippen LogP contribution in [0, 0.1) is 10.1 Å². The normalized spacial score (nSPS) is 13.0. The van der Waals surface area contributed by atoms with Crippen LogP contribution in [0.25, 0.3) is 10.9 Å². The van der Waals surface area contributed by atoms with Gasteiger partial charge in [0.05, 0.1) is 28.7 Å². The van der Waals surface area contributed by atoms with Gasteiger partial charge < -0.3 is 15.2 Å². The van der Waals surface area contributed by atoms with Gasteiger partial charge in [0.25, 0.3) is 0 Å². The molecule has 0 bridgehead atoms. The Kier molecular flexibility index (Phi) is 5.12. The summed E-state index contributed by atoms with van der Waals surface area (Å²) in [6.07, 6.45) is 1.23. The SMILES string of the molecule is CCOCC(Nc1c([N+](=O)[O-])cnc2ccccc12)C(C)(C)O. The number of aliphatic hydroxyl groups is 1. The van der Waals surface area contributed by atoms with Crippen LogP contribution >= 0.6 is 0 Å². The molecule has 1 unspecified atom stereocenters. The van der Waals surface area contributed by atoms with Gasteiger partial charge in [-0.3, -0.25) is 10.1 Å². The number of benzene rings is 1. The molecule has 2 aromatic rings. The zero-order valence-corrected chi connectivity index (χ0v) is 13.4. The molecule has 0 aliphatic carbocycles. The smallest absolute Gasteiger partial charge is 0.311 e. The van der Waals surface area contributed by atoms with Crippen LogP contribution in [0.3, 0.4) is 0 Å². The number of ether oxygens (including phenoxy) is 1. The number of hydrogen-bond donors (Lipinski definition) is 2. The molecule has 0 fully saturated rings. The molecule has 0 aliphatic rings. The van der Waals surface area contributed by atoms with Crippen LogP contribution in [0.2, 0.25) is 0 Å². The maximum atomic E-state index is 11.3. The minimum atomic E-state index is -1.12. The van der Waals surface area contributed by atoms with Crippen molar-refractivity contribution in [1.29, 1.82) is 0 Å². The van der Waals surface area contributed by atoms with Crippen molar-refractivity contribution in [2.45, 2.75) is 32.4 Å². The lowest BCUT2D eigenvalue weighted by Crippen LogP contribution is -2.45. The van der Waals surface area contributed by atoms with Crippen LogP contribution in [0.4, 0.5) is 11.4 Å². The molecule has 7 heteroatoms. The molecule has 0 saturated heterocycles. The van der Waals surface area contributed by atoms with Crippen LogP contribution in [-0.4, -0.2) is 39.9 Å². The third-order valence-corrected chi connectivity index (χ3v) is 3.61. The summed E-state index contributed by atoms with van der Waals surface area (Å²) in [6.45, 7) is 5.85. The zero-order valence-electron chi connectivity index (χ0n) is 13.4. The van der Waals surface area contributed by atoms with Gasteiger partial charge in [0, 0.05) is 12.0 Å². The summed E-state index contributed by atoms with van der Waals surface area (Å²) < 4.78 is 5.40. The van der Waals surface area contributed by atoms with Crippen LogP contribution < -0.4 is 5.32 Å². The summed E-state index contributed by atoms with van der Waals surface area (Å²) in [5.74, 6) is 0. The Morgan fingerprint density at radius 3 is 2.74 bits per heavy atom. The van der Waals surface area contributed by atoms with E-state index < -0.39 is 16.6 Å². The summed E-state index contributed by atoms with van der Waals surface area (Å²) in [5, 5.41) is 25.4. The first kappa shape index (κ1) is 17.1. The van der Waals surface area contributed by atoms with Gasteiger partial charge in [0.1, 0.15) is 11.9 Å². The van der Waals surface area contributed by atoms with E-state index in [0.717, 1.165) is 0 Å². The zero-order chi connectivity index (χ0) is 17.0. The molecule has 7 nitrogen and oxygen atoms in total. The molecule has 23 heavy (non-hydrogen) atoms. The Hall–Kier alpha value is -2.25. The van der Waals surface area contributed by atoms with Gasteiger partial charge in [-0.15, -0.1) is 0 Å². The minimum absolute atomic E-state index is 0.130. The highest BCUT2D eigenvalue weighted by molar-refractivity contribution is 5.95. The number of nitrogens with zero attached hydrogens (tertiary/aromatic N) is 2. The van der Waals surface area contributed by atoms with Crippen LogP contribution in [-0.2, 0) is 4.74 Å². The van der Waals surface area contributed by atoms with Crippen molar-refractivity contribution >= 4 is 22.3 Å². The van der Waals surface area contributed by atoms with Crippen molar-refractivity contribution in [2.24, 2.45) is 0 Å². The molecule has 0 spiro atoms. The van der Waals surface area contributed by atoms with Crippen molar-refractivity contribution in [1.82, 2.24) is 4.98 Å². The van der Waals surface area contributed by atoms with E-state index in [9.17, 15) is 15.2 Å². The molecule has 0 amide bonds. The van der Waals surface area contributed by atoms with Crippen molar-refractivity contribution in [3.63, 3.8) is 0 Å². The first-order valence-corrected chi connectivity index (χ1v) is 7.43. The standard InChI is InChI=1S/C16H21N3O4/c1-4-23-10-14(16(2,3)20)18-15-11-7-5-6-8-12(11)17-9-13(15)19(21)22/h5-9,14,20H,4,10H2,1-3H3,(H,17,18). The number of fused-ring (bicyclic) bond motifs is 1. The fourth-order valence-electron chi connectivity index (χ4n) is 2.25. The number of rotatable bonds is 7. The molecule has 0 radical (unpaired) electrons. The van der Waals surface area contributed by atoms with E-state index >= 15 is 0 Å². The summed E-state index contributed by atoms with van der Waals surface area (Å²) in [6, 6.07) is 6.65. The van der Waals surface area contributed by atoms with E-state index in [2.05, 4.69) is 10.3 Å². The van der Waals surface area contributed by atoms with Gasteiger partial charge >= 0.3 is 5.69 Å². The number of anilines is 1. The van der Waals surface area contributed by atoms with Crippen molar-refractivity contribution in [2.75, 3.05) is 18.5 Å².